The Kier molecular flexibility index (Phi) is 3.93. The molecule has 0 spiro atoms. The van der Waals surface area contributed by atoms with Gasteiger partial charge in [-0.05, 0) is 36.6 Å². The van der Waals surface area contributed by atoms with Gasteiger partial charge in [0.25, 0.3) is 0 Å². The molecule has 0 amide bonds. The van der Waals surface area contributed by atoms with Crippen LogP contribution in [0.2, 0.25) is 5.02 Å². The monoisotopic (exact) mass is 268 g/mol. The van der Waals surface area contributed by atoms with E-state index >= 15 is 0 Å². The summed E-state index contributed by atoms with van der Waals surface area (Å²) in [5.41, 5.74) is 0.0770. The van der Waals surface area contributed by atoms with Gasteiger partial charge in [0.2, 0.25) is 0 Å². The minimum atomic E-state index is -0.814. The number of ether oxygens (including phenoxy) is 1. The Morgan fingerprint density at radius 3 is 2.67 bits per heavy atom. The van der Waals surface area contributed by atoms with E-state index in [1.807, 2.05) is 6.07 Å². The second-order valence-electron chi connectivity index (χ2n) is 4.90. The van der Waals surface area contributed by atoms with E-state index in [9.17, 15) is 9.90 Å². The maximum Gasteiger partial charge on any atom is 0.133 e. The zero-order chi connectivity index (χ0) is 13.2. The standard InChI is InChI=1S/C14H17ClO3/c1-18-13-3-2-11(15)8-10(13)9-14(17)6-4-12(16)5-7-14/h2-3,8,17H,4-7,9H2,1H3. The fraction of sp³-hybridized carbons (Fsp3) is 0.500. The molecule has 1 aromatic carbocycles. The summed E-state index contributed by atoms with van der Waals surface area (Å²) < 4.78 is 5.27. The number of ketones is 1. The Morgan fingerprint density at radius 2 is 2.06 bits per heavy atom. The predicted molar refractivity (Wildman–Crippen MR) is 70.1 cm³/mol. The van der Waals surface area contributed by atoms with Gasteiger partial charge in [-0.1, -0.05) is 11.6 Å². The van der Waals surface area contributed by atoms with Crippen LogP contribution in [0.5, 0.6) is 5.75 Å². The number of rotatable bonds is 3. The van der Waals surface area contributed by atoms with Crippen LogP contribution in [0.15, 0.2) is 18.2 Å². The Balaban J connectivity index is 2.17. The molecule has 1 aromatic rings. The maximum atomic E-state index is 11.2. The van der Waals surface area contributed by atoms with Crippen molar-refractivity contribution in [2.24, 2.45) is 0 Å². The zero-order valence-corrected chi connectivity index (χ0v) is 11.2. The van der Waals surface area contributed by atoms with Crippen LogP contribution < -0.4 is 4.74 Å². The van der Waals surface area contributed by atoms with Crippen LogP contribution in [-0.4, -0.2) is 23.6 Å². The number of hydrogen-bond donors (Lipinski definition) is 1. The Morgan fingerprint density at radius 1 is 1.39 bits per heavy atom. The van der Waals surface area contributed by atoms with Gasteiger partial charge in [0.05, 0.1) is 12.7 Å². The molecular weight excluding hydrogens is 252 g/mol. The van der Waals surface area contributed by atoms with Crippen molar-refractivity contribution in [1.29, 1.82) is 0 Å². The SMILES string of the molecule is COc1ccc(Cl)cc1CC1(O)CCC(=O)CC1. The molecule has 4 heteroatoms. The number of carbonyl (C=O) groups is 1. The van der Waals surface area contributed by atoms with Crippen molar-refractivity contribution in [3.63, 3.8) is 0 Å². The molecule has 1 saturated carbocycles. The summed E-state index contributed by atoms with van der Waals surface area (Å²) in [4.78, 5) is 11.2. The number of Topliss-reactive ketones (excluding diaryl/α,β-unsaturated/α-hetero) is 1. The van der Waals surface area contributed by atoms with Crippen molar-refractivity contribution in [3.05, 3.63) is 28.8 Å². The Hall–Kier alpha value is -1.06. The van der Waals surface area contributed by atoms with E-state index in [-0.39, 0.29) is 5.78 Å². The third-order valence-corrected chi connectivity index (χ3v) is 3.74. The molecule has 0 bridgehead atoms. The number of hydrogen-bond acceptors (Lipinski definition) is 3. The molecule has 0 unspecified atom stereocenters. The molecule has 1 aliphatic carbocycles. The highest BCUT2D eigenvalue weighted by atomic mass is 35.5. The lowest BCUT2D eigenvalue weighted by Crippen LogP contribution is -2.36. The van der Waals surface area contributed by atoms with Gasteiger partial charge >= 0.3 is 0 Å². The number of methoxy groups -OCH3 is 1. The van der Waals surface area contributed by atoms with Crippen LogP contribution in [0.25, 0.3) is 0 Å². The van der Waals surface area contributed by atoms with Gasteiger partial charge in [0.1, 0.15) is 11.5 Å². The second-order valence-corrected chi connectivity index (χ2v) is 5.33. The van der Waals surface area contributed by atoms with E-state index in [0.717, 1.165) is 11.3 Å². The molecule has 0 heterocycles. The van der Waals surface area contributed by atoms with Crippen molar-refractivity contribution in [3.8, 4) is 5.75 Å². The van der Waals surface area contributed by atoms with Gasteiger partial charge in [-0.15, -0.1) is 0 Å². The normalized spacial score (nSPS) is 18.7. The first kappa shape index (κ1) is 13.4. The summed E-state index contributed by atoms with van der Waals surface area (Å²) >= 11 is 5.97. The van der Waals surface area contributed by atoms with Crippen molar-refractivity contribution in [2.75, 3.05) is 7.11 Å². The topological polar surface area (TPSA) is 46.5 Å². The Bertz CT molecular complexity index is 446. The summed E-state index contributed by atoms with van der Waals surface area (Å²) in [7, 11) is 1.60. The minimum absolute atomic E-state index is 0.234. The lowest BCUT2D eigenvalue weighted by molar-refractivity contribution is -0.125. The highest BCUT2D eigenvalue weighted by molar-refractivity contribution is 6.30. The molecule has 0 radical (unpaired) electrons. The highest BCUT2D eigenvalue weighted by Crippen LogP contribution is 2.33. The van der Waals surface area contributed by atoms with Gasteiger partial charge in [0, 0.05) is 24.3 Å². The smallest absolute Gasteiger partial charge is 0.133 e. The average Bonchev–Trinajstić information content (AvgIpc) is 2.34. The molecule has 0 aromatic heterocycles. The average molecular weight is 269 g/mol. The molecular formula is C14H17ClO3. The molecule has 1 N–H and O–H groups in total. The zero-order valence-electron chi connectivity index (χ0n) is 10.4. The Labute approximate surface area is 112 Å². The lowest BCUT2D eigenvalue weighted by Gasteiger charge is -2.32. The fourth-order valence-corrected chi connectivity index (χ4v) is 2.61. The largest absolute Gasteiger partial charge is 0.496 e. The van der Waals surface area contributed by atoms with Crippen molar-refractivity contribution in [1.82, 2.24) is 0 Å². The molecule has 98 valence electrons. The third kappa shape index (κ3) is 3.03. The molecule has 0 aliphatic heterocycles. The van der Waals surface area contributed by atoms with Crippen molar-refractivity contribution >= 4 is 17.4 Å². The van der Waals surface area contributed by atoms with Crippen LogP contribution in [-0.2, 0) is 11.2 Å². The van der Waals surface area contributed by atoms with Crippen LogP contribution in [0, 0.1) is 0 Å². The number of carbonyl (C=O) groups excluding carboxylic acids is 1. The predicted octanol–water partition coefficient (Wildman–Crippen LogP) is 2.77. The van der Waals surface area contributed by atoms with Crippen LogP contribution in [0.4, 0.5) is 0 Å². The van der Waals surface area contributed by atoms with Gasteiger partial charge < -0.3 is 9.84 Å². The molecule has 18 heavy (non-hydrogen) atoms. The maximum absolute atomic E-state index is 11.2. The molecule has 1 fully saturated rings. The summed E-state index contributed by atoms with van der Waals surface area (Å²) in [6.45, 7) is 0. The molecule has 1 aliphatic rings. The van der Waals surface area contributed by atoms with E-state index < -0.39 is 5.60 Å². The van der Waals surface area contributed by atoms with Crippen LogP contribution in [0.1, 0.15) is 31.2 Å². The van der Waals surface area contributed by atoms with E-state index in [1.54, 1.807) is 19.2 Å². The van der Waals surface area contributed by atoms with Crippen LogP contribution in [0.3, 0.4) is 0 Å². The molecule has 0 atom stereocenters. The lowest BCUT2D eigenvalue weighted by atomic mass is 9.80. The first-order chi connectivity index (χ1) is 8.52. The van der Waals surface area contributed by atoms with E-state index in [1.165, 1.54) is 0 Å². The number of benzene rings is 1. The third-order valence-electron chi connectivity index (χ3n) is 3.50. The van der Waals surface area contributed by atoms with Crippen molar-refractivity contribution in [2.45, 2.75) is 37.7 Å². The van der Waals surface area contributed by atoms with Gasteiger partial charge in [-0.2, -0.15) is 0 Å². The molecule has 0 saturated heterocycles. The second kappa shape index (κ2) is 5.29. The molecule has 3 nitrogen and oxygen atoms in total. The molecule has 2 rings (SSSR count). The van der Waals surface area contributed by atoms with Crippen LogP contribution >= 0.6 is 11.6 Å². The fourth-order valence-electron chi connectivity index (χ4n) is 2.41. The first-order valence-corrected chi connectivity index (χ1v) is 6.47. The first-order valence-electron chi connectivity index (χ1n) is 6.09. The number of halogens is 1. The summed E-state index contributed by atoms with van der Waals surface area (Å²) in [5.74, 6) is 0.961. The summed E-state index contributed by atoms with van der Waals surface area (Å²) in [6.07, 6.45) is 2.42. The van der Waals surface area contributed by atoms with E-state index in [2.05, 4.69) is 0 Å². The van der Waals surface area contributed by atoms with Gasteiger partial charge in [0.15, 0.2) is 0 Å². The van der Waals surface area contributed by atoms with Gasteiger partial charge in [-0.25, -0.2) is 0 Å². The van der Waals surface area contributed by atoms with Gasteiger partial charge in [-0.3, -0.25) is 4.79 Å². The van der Waals surface area contributed by atoms with E-state index in [4.69, 9.17) is 16.3 Å². The summed E-state index contributed by atoms with van der Waals surface area (Å²) in [5, 5.41) is 11.1. The summed E-state index contributed by atoms with van der Waals surface area (Å²) in [6, 6.07) is 5.38. The van der Waals surface area contributed by atoms with E-state index in [0.29, 0.717) is 37.1 Å². The highest BCUT2D eigenvalue weighted by Gasteiger charge is 2.33. The quantitative estimate of drug-likeness (QED) is 0.917. The number of aliphatic hydroxyl groups is 1. The van der Waals surface area contributed by atoms with Crippen molar-refractivity contribution < 1.29 is 14.6 Å². The minimum Gasteiger partial charge on any atom is -0.496 e.